The van der Waals surface area contributed by atoms with Crippen LogP contribution in [0.5, 0.6) is 0 Å². The molecule has 1 N–H and O–H groups in total. The molecule has 4 rings (SSSR count). The molecule has 0 bridgehead atoms. The van der Waals surface area contributed by atoms with Gasteiger partial charge in [-0.05, 0) is 23.3 Å². The highest BCUT2D eigenvalue weighted by Gasteiger charge is 2.11. The van der Waals surface area contributed by atoms with Crippen LogP contribution in [0.25, 0.3) is 33.9 Å². The molecule has 0 aliphatic carbocycles. The van der Waals surface area contributed by atoms with Crippen LogP contribution in [0.15, 0.2) is 67.3 Å². The third-order valence-electron chi connectivity index (χ3n) is 3.90. The van der Waals surface area contributed by atoms with E-state index in [-0.39, 0.29) is 0 Å². The van der Waals surface area contributed by atoms with E-state index in [1.165, 1.54) is 12.4 Å². The van der Waals surface area contributed by atoms with Gasteiger partial charge in [0.1, 0.15) is 5.69 Å². The third kappa shape index (κ3) is 3.14. The first-order valence-corrected chi connectivity index (χ1v) is 9.68. The van der Waals surface area contributed by atoms with Crippen LogP contribution < -0.4 is 0 Å². The molecule has 0 atom stereocenters. The fraction of sp³-hybridized carbons (Fsp3) is 0.0556. The van der Waals surface area contributed by atoms with Gasteiger partial charge in [0.05, 0.1) is 30.5 Å². The van der Waals surface area contributed by atoms with E-state index < -0.39 is 10.0 Å². The van der Waals surface area contributed by atoms with Crippen molar-refractivity contribution in [2.75, 3.05) is 6.26 Å². The van der Waals surface area contributed by atoms with Crippen LogP contribution in [0.4, 0.5) is 0 Å². The van der Waals surface area contributed by atoms with Gasteiger partial charge in [0.25, 0.3) is 10.0 Å². The van der Waals surface area contributed by atoms with Gasteiger partial charge in [-0.2, -0.15) is 9.19 Å². The summed E-state index contributed by atoms with van der Waals surface area (Å²) < 4.78 is 24.1. The number of imidazole rings is 1. The number of nitrogens with one attached hydrogen (secondary N) is 1. The maximum atomic E-state index is 11.6. The van der Waals surface area contributed by atoms with Gasteiger partial charge in [0, 0.05) is 11.8 Å². The molecule has 0 radical (unpaired) electrons. The van der Waals surface area contributed by atoms with Crippen molar-refractivity contribution in [3.8, 4) is 33.9 Å². The van der Waals surface area contributed by atoms with Gasteiger partial charge in [-0.25, -0.2) is 13.4 Å². The molecule has 0 spiro atoms. The monoisotopic (exact) mass is 365 g/mol. The van der Waals surface area contributed by atoms with Gasteiger partial charge < -0.3 is 4.98 Å². The van der Waals surface area contributed by atoms with Crippen molar-refractivity contribution in [2.45, 2.75) is 0 Å². The minimum Gasteiger partial charge on any atom is -0.337 e. The second-order valence-electron chi connectivity index (χ2n) is 5.81. The fourth-order valence-electron chi connectivity index (χ4n) is 2.59. The number of hydrogen-bond acceptors (Lipinski definition) is 5. The zero-order valence-corrected chi connectivity index (χ0v) is 14.7. The van der Waals surface area contributed by atoms with Crippen LogP contribution in [0.1, 0.15) is 0 Å². The summed E-state index contributed by atoms with van der Waals surface area (Å²) in [6.45, 7) is 0. The first-order valence-electron chi connectivity index (χ1n) is 7.83. The third-order valence-corrected chi connectivity index (χ3v) is 4.78. The molecule has 8 heteroatoms. The molecule has 0 saturated carbocycles. The average Bonchev–Trinajstić information content (AvgIpc) is 3.32. The Balaban J connectivity index is 1.69. The van der Waals surface area contributed by atoms with Crippen molar-refractivity contribution in [1.82, 2.24) is 24.1 Å². The first kappa shape index (κ1) is 16.2. The smallest absolute Gasteiger partial charge is 0.250 e. The molecule has 7 nitrogen and oxygen atoms in total. The van der Waals surface area contributed by atoms with E-state index in [2.05, 4.69) is 20.1 Å². The highest BCUT2D eigenvalue weighted by molar-refractivity contribution is 7.89. The van der Waals surface area contributed by atoms with E-state index in [0.717, 1.165) is 27.2 Å². The number of aromatic nitrogens is 5. The number of rotatable bonds is 4. The summed E-state index contributed by atoms with van der Waals surface area (Å²) in [5.74, 6) is 0.640. The molecule has 26 heavy (non-hydrogen) atoms. The molecular weight excluding hydrogens is 350 g/mol. The maximum absolute atomic E-state index is 11.6. The van der Waals surface area contributed by atoms with Gasteiger partial charge in [-0.15, -0.1) is 0 Å². The number of hydrogen-bond donors (Lipinski definition) is 1. The molecule has 3 heterocycles. The minimum absolute atomic E-state index is 0.640. The SMILES string of the molecule is CS(=O)(=O)n1cc(-c2ccnc(-c3ncc(-c4ccccc4)[nH]3)c2)cn1. The van der Waals surface area contributed by atoms with Gasteiger partial charge in [0.15, 0.2) is 5.82 Å². The highest BCUT2D eigenvalue weighted by Crippen LogP contribution is 2.25. The maximum Gasteiger partial charge on any atom is 0.250 e. The van der Waals surface area contributed by atoms with Crippen LogP contribution in [0.3, 0.4) is 0 Å². The molecule has 0 amide bonds. The normalized spacial score (nSPS) is 11.6. The molecule has 1 aromatic carbocycles. The predicted molar refractivity (Wildman–Crippen MR) is 98.7 cm³/mol. The van der Waals surface area contributed by atoms with Crippen molar-refractivity contribution < 1.29 is 8.42 Å². The van der Waals surface area contributed by atoms with E-state index in [1.807, 2.05) is 36.4 Å². The van der Waals surface area contributed by atoms with Gasteiger partial charge >= 0.3 is 0 Å². The second-order valence-corrected chi connectivity index (χ2v) is 7.65. The quantitative estimate of drug-likeness (QED) is 0.600. The topological polar surface area (TPSA) is 93.5 Å². The number of benzene rings is 1. The van der Waals surface area contributed by atoms with Crippen molar-refractivity contribution in [1.29, 1.82) is 0 Å². The Morgan fingerprint density at radius 3 is 2.50 bits per heavy atom. The van der Waals surface area contributed by atoms with Crippen LogP contribution in [0, 0.1) is 0 Å². The Labute approximate surface area is 150 Å². The lowest BCUT2D eigenvalue weighted by Crippen LogP contribution is -2.09. The Bertz CT molecular complexity index is 1160. The van der Waals surface area contributed by atoms with Crippen LogP contribution in [0.2, 0.25) is 0 Å². The Morgan fingerprint density at radius 2 is 1.77 bits per heavy atom. The van der Waals surface area contributed by atoms with Crippen LogP contribution >= 0.6 is 0 Å². The van der Waals surface area contributed by atoms with E-state index in [9.17, 15) is 8.42 Å². The van der Waals surface area contributed by atoms with E-state index in [1.54, 1.807) is 18.5 Å². The van der Waals surface area contributed by atoms with Gasteiger partial charge in [0.2, 0.25) is 0 Å². The van der Waals surface area contributed by atoms with E-state index in [0.29, 0.717) is 17.1 Å². The van der Waals surface area contributed by atoms with Crippen molar-refractivity contribution >= 4 is 10.0 Å². The molecule has 0 fully saturated rings. The zero-order chi connectivity index (χ0) is 18.1. The van der Waals surface area contributed by atoms with Gasteiger partial charge in [-0.1, -0.05) is 30.3 Å². The van der Waals surface area contributed by atoms with Gasteiger partial charge in [-0.3, -0.25) is 4.98 Å². The average molecular weight is 365 g/mol. The number of H-pyrrole nitrogens is 1. The lowest BCUT2D eigenvalue weighted by Gasteiger charge is -2.01. The summed E-state index contributed by atoms with van der Waals surface area (Å²) in [4.78, 5) is 12.0. The standard InChI is InChI=1S/C18H15N5O2S/c1-26(24,25)23-12-15(10-21-23)14-7-8-19-16(9-14)18-20-11-17(22-18)13-5-3-2-4-6-13/h2-12H,1H3,(H,20,22). The summed E-state index contributed by atoms with van der Waals surface area (Å²) >= 11 is 0. The molecule has 0 aliphatic rings. The lowest BCUT2D eigenvalue weighted by molar-refractivity contribution is 0.586. The molecule has 130 valence electrons. The van der Waals surface area contributed by atoms with Crippen molar-refractivity contribution in [2.24, 2.45) is 0 Å². The summed E-state index contributed by atoms with van der Waals surface area (Å²) in [5, 5.41) is 3.89. The zero-order valence-electron chi connectivity index (χ0n) is 13.9. The first-order chi connectivity index (χ1) is 12.5. The minimum atomic E-state index is -3.41. The summed E-state index contributed by atoms with van der Waals surface area (Å²) in [6.07, 6.45) is 7.52. The molecule has 4 aromatic rings. The van der Waals surface area contributed by atoms with E-state index >= 15 is 0 Å². The van der Waals surface area contributed by atoms with Crippen molar-refractivity contribution in [3.05, 3.63) is 67.3 Å². The molecule has 3 aromatic heterocycles. The second kappa shape index (κ2) is 6.23. The highest BCUT2D eigenvalue weighted by atomic mass is 32.2. The predicted octanol–water partition coefficient (Wildman–Crippen LogP) is 2.81. The molecule has 0 saturated heterocycles. The number of pyridine rings is 1. The summed E-state index contributed by atoms with van der Waals surface area (Å²) in [7, 11) is -3.41. The molecule has 0 unspecified atom stereocenters. The Kier molecular flexibility index (Phi) is 3.89. The Morgan fingerprint density at radius 1 is 0.962 bits per heavy atom. The lowest BCUT2D eigenvalue weighted by atomic mass is 10.1. The largest absolute Gasteiger partial charge is 0.337 e. The fourth-order valence-corrected chi connectivity index (χ4v) is 3.11. The number of nitrogens with zero attached hydrogens (tertiary/aromatic N) is 4. The van der Waals surface area contributed by atoms with Crippen LogP contribution in [-0.2, 0) is 10.0 Å². The van der Waals surface area contributed by atoms with E-state index in [4.69, 9.17) is 0 Å². The summed E-state index contributed by atoms with van der Waals surface area (Å²) in [6, 6.07) is 13.5. The van der Waals surface area contributed by atoms with Crippen molar-refractivity contribution in [3.63, 3.8) is 0 Å². The molecular formula is C18H15N5O2S. The Hall–Kier alpha value is -3.26. The summed E-state index contributed by atoms with van der Waals surface area (Å²) in [5.41, 5.74) is 4.10. The molecule has 0 aliphatic heterocycles. The number of aromatic amines is 1. The van der Waals surface area contributed by atoms with Crippen LogP contribution in [-0.4, -0.2) is 38.8 Å².